The highest BCUT2D eigenvalue weighted by molar-refractivity contribution is 7.92. The molecule has 2 aromatic rings. The molecular weight excluding hydrogens is 472 g/mol. The maximum absolute atomic E-state index is 12.5. The zero-order valence-corrected chi connectivity index (χ0v) is 21.0. The van der Waals surface area contributed by atoms with Crippen molar-refractivity contribution in [2.75, 3.05) is 23.4 Å². The molecule has 0 spiro atoms. The van der Waals surface area contributed by atoms with E-state index < -0.39 is 19.9 Å². The quantitative estimate of drug-likeness (QED) is 0.533. The lowest BCUT2D eigenvalue weighted by atomic mass is 10.0. The predicted molar refractivity (Wildman–Crippen MR) is 128 cm³/mol. The van der Waals surface area contributed by atoms with E-state index in [1.165, 1.54) is 16.4 Å². The summed E-state index contributed by atoms with van der Waals surface area (Å²) in [6.45, 7) is 3.82. The summed E-state index contributed by atoms with van der Waals surface area (Å²) in [5.74, 6) is -0.208. The van der Waals surface area contributed by atoms with Crippen LogP contribution in [0.1, 0.15) is 43.4 Å². The standard InChI is InChI=1S/C22H29ClN2O5S2/c1-5-20(17-11-13-18(14-12-17)31(3,27)28)24-22(26)10-7-15-25(32(4,29)30)21-9-6-8-19(23)16(21)2/h6,8-9,11-14,20H,5,7,10,15H2,1-4H3,(H,24,26)/t20-/m1/s1. The van der Waals surface area contributed by atoms with Crippen LogP contribution in [0.15, 0.2) is 47.4 Å². The van der Waals surface area contributed by atoms with Gasteiger partial charge in [-0.15, -0.1) is 0 Å². The van der Waals surface area contributed by atoms with Crippen LogP contribution in [0.25, 0.3) is 0 Å². The fourth-order valence-electron chi connectivity index (χ4n) is 3.35. The van der Waals surface area contributed by atoms with Gasteiger partial charge in [-0.25, -0.2) is 16.8 Å². The summed E-state index contributed by atoms with van der Waals surface area (Å²) in [5, 5.41) is 3.41. The van der Waals surface area contributed by atoms with Crippen molar-refractivity contribution in [3.05, 3.63) is 58.6 Å². The van der Waals surface area contributed by atoms with Gasteiger partial charge in [0.2, 0.25) is 15.9 Å². The average molecular weight is 501 g/mol. The Balaban J connectivity index is 2.03. The molecule has 0 unspecified atom stereocenters. The van der Waals surface area contributed by atoms with Gasteiger partial charge in [-0.05, 0) is 55.2 Å². The monoisotopic (exact) mass is 500 g/mol. The Bertz CT molecular complexity index is 1160. The Labute approximate surface area is 195 Å². The first-order chi connectivity index (χ1) is 14.8. The van der Waals surface area contributed by atoms with Crippen LogP contribution in [-0.4, -0.2) is 41.8 Å². The van der Waals surface area contributed by atoms with E-state index in [-0.39, 0.29) is 29.8 Å². The molecule has 0 aliphatic carbocycles. The molecule has 1 amide bonds. The molecule has 0 aromatic heterocycles. The normalized spacial score (nSPS) is 12.9. The van der Waals surface area contributed by atoms with Gasteiger partial charge in [-0.2, -0.15) is 0 Å². The predicted octanol–water partition coefficient (Wildman–Crippen LogP) is 3.87. The van der Waals surface area contributed by atoms with Crippen LogP contribution >= 0.6 is 11.6 Å². The number of anilines is 1. The second kappa shape index (κ2) is 10.7. The smallest absolute Gasteiger partial charge is 0.232 e. The van der Waals surface area contributed by atoms with Crippen LogP contribution in [0, 0.1) is 6.92 Å². The van der Waals surface area contributed by atoms with Crippen LogP contribution in [-0.2, 0) is 24.7 Å². The van der Waals surface area contributed by atoms with Gasteiger partial charge in [0.1, 0.15) is 0 Å². The molecule has 32 heavy (non-hydrogen) atoms. The van der Waals surface area contributed by atoms with Crippen molar-refractivity contribution in [1.82, 2.24) is 5.32 Å². The molecular formula is C22H29ClN2O5S2. The summed E-state index contributed by atoms with van der Waals surface area (Å²) in [6.07, 6.45) is 3.37. The number of halogens is 1. The third kappa shape index (κ3) is 6.95. The zero-order chi connectivity index (χ0) is 24.1. The first-order valence-corrected chi connectivity index (χ1v) is 14.3. The molecule has 0 aliphatic heterocycles. The second-order valence-corrected chi connectivity index (χ2v) is 12.0. The number of sulfonamides is 1. The molecule has 0 saturated carbocycles. The first-order valence-electron chi connectivity index (χ1n) is 10.2. The van der Waals surface area contributed by atoms with Gasteiger partial charge in [0.25, 0.3) is 0 Å². The number of nitrogens with zero attached hydrogens (tertiary/aromatic N) is 1. The van der Waals surface area contributed by atoms with Crippen molar-refractivity contribution < 1.29 is 21.6 Å². The number of amides is 1. The molecule has 1 atom stereocenters. The van der Waals surface area contributed by atoms with E-state index in [2.05, 4.69) is 5.32 Å². The number of benzene rings is 2. The first kappa shape index (κ1) is 26.2. The summed E-state index contributed by atoms with van der Waals surface area (Å²) < 4.78 is 49.1. The molecule has 0 radical (unpaired) electrons. The average Bonchev–Trinajstić information content (AvgIpc) is 2.70. The fourth-order valence-corrected chi connectivity index (χ4v) is 5.17. The maximum Gasteiger partial charge on any atom is 0.232 e. The minimum absolute atomic E-state index is 0.142. The zero-order valence-electron chi connectivity index (χ0n) is 18.6. The number of hydrogen-bond donors (Lipinski definition) is 1. The molecule has 0 bridgehead atoms. The Morgan fingerprint density at radius 1 is 1.06 bits per heavy atom. The van der Waals surface area contributed by atoms with Gasteiger partial charge in [-0.1, -0.05) is 36.7 Å². The minimum atomic E-state index is -3.55. The molecule has 1 N–H and O–H groups in total. The number of carbonyl (C=O) groups is 1. The molecule has 2 rings (SSSR count). The summed E-state index contributed by atoms with van der Waals surface area (Å²) in [5.41, 5.74) is 1.96. The number of carbonyl (C=O) groups excluding carboxylic acids is 1. The molecule has 0 saturated heterocycles. The fraction of sp³-hybridized carbons (Fsp3) is 0.409. The lowest BCUT2D eigenvalue weighted by Crippen LogP contribution is -2.33. The molecule has 0 fully saturated rings. The number of hydrogen-bond acceptors (Lipinski definition) is 5. The van der Waals surface area contributed by atoms with Crippen molar-refractivity contribution >= 4 is 43.1 Å². The third-order valence-electron chi connectivity index (χ3n) is 5.13. The Kier molecular flexibility index (Phi) is 8.73. The Morgan fingerprint density at radius 2 is 1.69 bits per heavy atom. The van der Waals surface area contributed by atoms with E-state index in [1.807, 2.05) is 6.92 Å². The van der Waals surface area contributed by atoms with E-state index in [4.69, 9.17) is 11.6 Å². The van der Waals surface area contributed by atoms with Crippen LogP contribution in [0.3, 0.4) is 0 Å². The van der Waals surface area contributed by atoms with E-state index >= 15 is 0 Å². The van der Waals surface area contributed by atoms with Crippen LogP contribution in [0.2, 0.25) is 5.02 Å². The van der Waals surface area contributed by atoms with Gasteiger partial charge in [0.15, 0.2) is 9.84 Å². The van der Waals surface area contributed by atoms with Gasteiger partial charge in [0, 0.05) is 24.2 Å². The summed E-state index contributed by atoms with van der Waals surface area (Å²) in [6, 6.07) is 11.2. The largest absolute Gasteiger partial charge is 0.349 e. The highest BCUT2D eigenvalue weighted by Gasteiger charge is 2.21. The van der Waals surface area contributed by atoms with Crippen molar-refractivity contribution in [2.24, 2.45) is 0 Å². The molecule has 0 aliphatic rings. The Morgan fingerprint density at radius 3 is 2.22 bits per heavy atom. The lowest BCUT2D eigenvalue weighted by Gasteiger charge is -2.25. The Hall–Kier alpha value is -2.10. The highest BCUT2D eigenvalue weighted by Crippen LogP contribution is 2.28. The van der Waals surface area contributed by atoms with Crippen molar-refractivity contribution in [3.8, 4) is 0 Å². The van der Waals surface area contributed by atoms with E-state index in [0.29, 0.717) is 29.1 Å². The van der Waals surface area contributed by atoms with E-state index in [0.717, 1.165) is 18.1 Å². The lowest BCUT2D eigenvalue weighted by molar-refractivity contribution is -0.121. The highest BCUT2D eigenvalue weighted by atomic mass is 35.5. The molecule has 10 heteroatoms. The number of nitrogens with one attached hydrogen (secondary N) is 1. The van der Waals surface area contributed by atoms with Crippen molar-refractivity contribution in [1.29, 1.82) is 0 Å². The van der Waals surface area contributed by atoms with E-state index in [9.17, 15) is 21.6 Å². The van der Waals surface area contributed by atoms with Gasteiger partial charge < -0.3 is 5.32 Å². The maximum atomic E-state index is 12.5. The van der Waals surface area contributed by atoms with Crippen molar-refractivity contribution in [3.63, 3.8) is 0 Å². The van der Waals surface area contributed by atoms with Crippen LogP contribution in [0.4, 0.5) is 5.69 Å². The minimum Gasteiger partial charge on any atom is -0.349 e. The van der Waals surface area contributed by atoms with E-state index in [1.54, 1.807) is 37.3 Å². The van der Waals surface area contributed by atoms with Crippen molar-refractivity contribution in [2.45, 2.75) is 44.0 Å². The van der Waals surface area contributed by atoms with Crippen LogP contribution in [0.5, 0.6) is 0 Å². The van der Waals surface area contributed by atoms with Crippen LogP contribution < -0.4 is 9.62 Å². The molecule has 0 heterocycles. The molecule has 176 valence electrons. The summed E-state index contributed by atoms with van der Waals surface area (Å²) in [4.78, 5) is 12.7. The topological polar surface area (TPSA) is 101 Å². The second-order valence-electron chi connectivity index (χ2n) is 7.69. The SMILES string of the molecule is CC[C@@H](NC(=O)CCCN(c1cccc(Cl)c1C)S(C)(=O)=O)c1ccc(S(C)(=O)=O)cc1. The summed E-state index contributed by atoms with van der Waals surface area (Å²) in [7, 11) is -6.83. The third-order valence-corrected chi connectivity index (χ3v) is 7.85. The summed E-state index contributed by atoms with van der Waals surface area (Å²) >= 11 is 6.14. The molecule has 2 aromatic carbocycles. The number of rotatable bonds is 10. The molecule has 7 nitrogen and oxygen atoms in total. The van der Waals surface area contributed by atoms with Gasteiger partial charge in [0.05, 0.1) is 22.9 Å². The number of sulfone groups is 1. The van der Waals surface area contributed by atoms with Gasteiger partial charge in [-0.3, -0.25) is 9.10 Å². The van der Waals surface area contributed by atoms with Gasteiger partial charge >= 0.3 is 0 Å².